The monoisotopic (exact) mass is 256 g/mol. The number of ether oxygens (including phenoxy) is 1. The third-order valence-electron chi connectivity index (χ3n) is 3.03. The molecule has 0 saturated carbocycles. The Balaban J connectivity index is 2.26. The number of rotatable bonds is 2. The lowest BCUT2D eigenvalue weighted by Gasteiger charge is -2.22. The van der Waals surface area contributed by atoms with Crippen LogP contribution in [0.25, 0.3) is 10.8 Å². The number of fused-ring (bicyclic) bond motifs is 1. The summed E-state index contributed by atoms with van der Waals surface area (Å²) in [5, 5.41) is 2.33. The molecule has 0 N–H and O–H groups in total. The van der Waals surface area contributed by atoms with Crippen molar-refractivity contribution in [3.63, 3.8) is 0 Å². The van der Waals surface area contributed by atoms with E-state index < -0.39 is 5.60 Å². The second kappa shape index (κ2) is 5.04. The Bertz CT molecular complexity index is 593. The van der Waals surface area contributed by atoms with E-state index >= 15 is 0 Å². The van der Waals surface area contributed by atoms with Crippen LogP contribution >= 0.6 is 0 Å². The standard InChI is InChI=1S/C17H20O2/c1-12(16(18)19-17(2,3)4)14-10-9-13-7-5-6-8-15(13)11-14/h5-12H,1-4H3. The lowest BCUT2D eigenvalue weighted by Crippen LogP contribution is -2.26. The summed E-state index contributed by atoms with van der Waals surface area (Å²) in [6, 6.07) is 14.2. The van der Waals surface area contributed by atoms with Crippen LogP contribution in [-0.4, -0.2) is 11.6 Å². The Morgan fingerprint density at radius 1 is 1.05 bits per heavy atom. The SMILES string of the molecule is CC(C(=O)OC(C)(C)C)c1ccc2ccccc2c1. The fourth-order valence-electron chi connectivity index (χ4n) is 2.00. The van der Waals surface area contributed by atoms with Crippen molar-refractivity contribution in [2.24, 2.45) is 0 Å². The summed E-state index contributed by atoms with van der Waals surface area (Å²) in [4.78, 5) is 12.1. The van der Waals surface area contributed by atoms with Gasteiger partial charge < -0.3 is 4.74 Å². The van der Waals surface area contributed by atoms with E-state index in [1.165, 1.54) is 5.39 Å². The van der Waals surface area contributed by atoms with Gasteiger partial charge in [0.25, 0.3) is 0 Å². The highest BCUT2D eigenvalue weighted by Crippen LogP contribution is 2.24. The molecule has 1 unspecified atom stereocenters. The minimum Gasteiger partial charge on any atom is -0.460 e. The summed E-state index contributed by atoms with van der Waals surface area (Å²) in [6.45, 7) is 7.55. The Hall–Kier alpha value is -1.83. The van der Waals surface area contributed by atoms with Crippen LogP contribution in [0.15, 0.2) is 42.5 Å². The van der Waals surface area contributed by atoms with Crippen LogP contribution in [0.1, 0.15) is 39.2 Å². The Labute approximate surface area is 114 Å². The van der Waals surface area contributed by atoms with Gasteiger partial charge in [-0.2, -0.15) is 0 Å². The molecule has 0 aliphatic heterocycles. The quantitative estimate of drug-likeness (QED) is 0.749. The van der Waals surface area contributed by atoms with Gasteiger partial charge in [0.05, 0.1) is 5.92 Å². The van der Waals surface area contributed by atoms with Gasteiger partial charge in [-0.05, 0) is 44.0 Å². The highest BCUT2D eigenvalue weighted by Gasteiger charge is 2.22. The predicted octanol–water partition coefficient (Wildman–Crippen LogP) is 4.29. The molecule has 0 radical (unpaired) electrons. The maximum Gasteiger partial charge on any atom is 0.313 e. The Morgan fingerprint density at radius 2 is 1.68 bits per heavy atom. The van der Waals surface area contributed by atoms with Gasteiger partial charge in [0, 0.05) is 0 Å². The zero-order chi connectivity index (χ0) is 14.0. The number of esters is 1. The smallest absolute Gasteiger partial charge is 0.313 e. The highest BCUT2D eigenvalue weighted by atomic mass is 16.6. The van der Waals surface area contributed by atoms with Gasteiger partial charge in [-0.15, -0.1) is 0 Å². The second-order valence-corrected chi connectivity index (χ2v) is 5.86. The molecule has 0 aromatic heterocycles. The van der Waals surface area contributed by atoms with Gasteiger partial charge in [0.2, 0.25) is 0 Å². The molecule has 19 heavy (non-hydrogen) atoms. The first-order valence-electron chi connectivity index (χ1n) is 6.58. The normalized spacial score (nSPS) is 13.3. The Kier molecular flexibility index (Phi) is 3.61. The van der Waals surface area contributed by atoms with E-state index in [4.69, 9.17) is 4.74 Å². The maximum atomic E-state index is 12.1. The maximum absolute atomic E-state index is 12.1. The molecule has 2 aromatic carbocycles. The number of hydrogen-bond donors (Lipinski definition) is 0. The van der Waals surface area contributed by atoms with Gasteiger partial charge >= 0.3 is 5.97 Å². The van der Waals surface area contributed by atoms with Crippen molar-refractivity contribution < 1.29 is 9.53 Å². The zero-order valence-corrected chi connectivity index (χ0v) is 11.9. The summed E-state index contributed by atoms with van der Waals surface area (Å²) in [5.74, 6) is -0.424. The largest absolute Gasteiger partial charge is 0.460 e. The molecule has 0 amide bonds. The first-order chi connectivity index (χ1) is 8.87. The van der Waals surface area contributed by atoms with Crippen molar-refractivity contribution in [3.8, 4) is 0 Å². The molecule has 0 spiro atoms. The van der Waals surface area contributed by atoms with Crippen molar-refractivity contribution in [2.75, 3.05) is 0 Å². The molecule has 0 aliphatic rings. The molecule has 0 saturated heterocycles. The highest BCUT2D eigenvalue weighted by molar-refractivity contribution is 5.85. The summed E-state index contributed by atoms with van der Waals surface area (Å²) in [7, 11) is 0. The van der Waals surface area contributed by atoms with E-state index in [1.807, 2.05) is 52.0 Å². The summed E-state index contributed by atoms with van der Waals surface area (Å²) in [6.07, 6.45) is 0. The first-order valence-corrected chi connectivity index (χ1v) is 6.58. The number of carbonyl (C=O) groups is 1. The molecular weight excluding hydrogens is 236 g/mol. The third-order valence-corrected chi connectivity index (χ3v) is 3.03. The van der Waals surface area contributed by atoms with Gasteiger partial charge in [0.15, 0.2) is 0 Å². The summed E-state index contributed by atoms with van der Waals surface area (Å²) in [5.41, 5.74) is 0.551. The average molecular weight is 256 g/mol. The van der Waals surface area contributed by atoms with Crippen LogP contribution in [0.3, 0.4) is 0 Å². The molecule has 0 bridgehead atoms. The topological polar surface area (TPSA) is 26.3 Å². The molecule has 1 atom stereocenters. The van der Waals surface area contributed by atoms with Gasteiger partial charge in [0.1, 0.15) is 5.60 Å². The van der Waals surface area contributed by atoms with E-state index in [2.05, 4.69) is 18.2 Å². The van der Waals surface area contributed by atoms with Gasteiger partial charge in [-0.1, -0.05) is 42.5 Å². The molecule has 2 heteroatoms. The molecule has 2 rings (SSSR count). The number of benzene rings is 2. The van der Waals surface area contributed by atoms with E-state index in [0.717, 1.165) is 10.9 Å². The van der Waals surface area contributed by atoms with Crippen molar-refractivity contribution in [1.82, 2.24) is 0 Å². The molecule has 0 aliphatic carbocycles. The van der Waals surface area contributed by atoms with Crippen LogP contribution in [0, 0.1) is 0 Å². The molecule has 2 aromatic rings. The van der Waals surface area contributed by atoms with E-state index in [1.54, 1.807) is 0 Å². The van der Waals surface area contributed by atoms with E-state index in [0.29, 0.717) is 0 Å². The fraction of sp³-hybridized carbons (Fsp3) is 0.353. The zero-order valence-electron chi connectivity index (χ0n) is 11.9. The van der Waals surface area contributed by atoms with Crippen molar-refractivity contribution >= 4 is 16.7 Å². The van der Waals surface area contributed by atoms with E-state index in [-0.39, 0.29) is 11.9 Å². The minimum atomic E-state index is -0.442. The minimum absolute atomic E-state index is 0.178. The van der Waals surface area contributed by atoms with E-state index in [9.17, 15) is 4.79 Å². The van der Waals surface area contributed by atoms with Crippen LogP contribution in [-0.2, 0) is 9.53 Å². The average Bonchev–Trinajstić information content (AvgIpc) is 2.35. The molecule has 0 heterocycles. The van der Waals surface area contributed by atoms with Crippen LogP contribution in [0.5, 0.6) is 0 Å². The molecule has 0 fully saturated rings. The molecule has 100 valence electrons. The summed E-state index contributed by atoms with van der Waals surface area (Å²) < 4.78 is 5.43. The lowest BCUT2D eigenvalue weighted by molar-refractivity contribution is -0.156. The molecule has 2 nitrogen and oxygen atoms in total. The number of carbonyl (C=O) groups excluding carboxylic acids is 1. The Morgan fingerprint density at radius 3 is 2.32 bits per heavy atom. The van der Waals surface area contributed by atoms with Crippen molar-refractivity contribution in [2.45, 2.75) is 39.2 Å². The predicted molar refractivity (Wildman–Crippen MR) is 78.2 cm³/mol. The van der Waals surface area contributed by atoms with Crippen molar-refractivity contribution in [3.05, 3.63) is 48.0 Å². The van der Waals surface area contributed by atoms with Crippen LogP contribution in [0.2, 0.25) is 0 Å². The van der Waals surface area contributed by atoms with Gasteiger partial charge in [-0.25, -0.2) is 0 Å². The van der Waals surface area contributed by atoms with Crippen LogP contribution in [0.4, 0.5) is 0 Å². The van der Waals surface area contributed by atoms with Crippen molar-refractivity contribution in [1.29, 1.82) is 0 Å². The molecular formula is C17H20O2. The second-order valence-electron chi connectivity index (χ2n) is 5.86. The lowest BCUT2D eigenvalue weighted by atomic mass is 9.97. The third kappa shape index (κ3) is 3.34. The summed E-state index contributed by atoms with van der Waals surface area (Å²) >= 11 is 0. The van der Waals surface area contributed by atoms with Crippen LogP contribution < -0.4 is 0 Å². The first kappa shape index (κ1) is 13.6. The number of hydrogen-bond acceptors (Lipinski definition) is 2. The fourth-order valence-corrected chi connectivity index (χ4v) is 2.00. The van der Waals surface area contributed by atoms with Gasteiger partial charge in [-0.3, -0.25) is 4.79 Å².